The van der Waals surface area contributed by atoms with E-state index in [4.69, 9.17) is 4.98 Å². The second kappa shape index (κ2) is 7.32. The second-order valence-corrected chi connectivity index (χ2v) is 9.40. The van der Waals surface area contributed by atoms with Crippen molar-refractivity contribution in [2.75, 3.05) is 5.32 Å². The Morgan fingerprint density at radius 3 is 2.07 bits per heavy atom. The second-order valence-electron chi connectivity index (χ2n) is 9.40. The molecule has 4 rings (SSSR count). The monoisotopic (exact) mass is 397 g/mol. The predicted molar refractivity (Wildman–Crippen MR) is 128 cm³/mol. The lowest BCUT2D eigenvalue weighted by molar-refractivity contribution is 0.590. The third-order valence-corrected chi connectivity index (χ3v) is 5.80. The molecule has 154 valence electrons. The van der Waals surface area contributed by atoms with Crippen molar-refractivity contribution in [3.8, 4) is 11.3 Å². The summed E-state index contributed by atoms with van der Waals surface area (Å²) in [5, 5.41) is 3.74. The van der Waals surface area contributed by atoms with Crippen LogP contribution in [0.15, 0.2) is 54.6 Å². The minimum atomic E-state index is 0.129. The molecule has 1 N–H and O–H groups in total. The number of benzene rings is 2. The molecule has 2 aromatic heterocycles. The SMILES string of the molecule is Cc1cc(C)n2c(Nc3c(C)cccc3C)c(-c3ccc(C(C)(C)C)cc3)nc2c1. The number of para-hydroxylation sites is 1. The zero-order chi connectivity index (χ0) is 21.6. The Morgan fingerprint density at radius 2 is 1.47 bits per heavy atom. The Bertz CT molecular complexity index is 1200. The Kier molecular flexibility index (Phi) is 4.93. The maximum Gasteiger partial charge on any atom is 0.143 e. The van der Waals surface area contributed by atoms with Crippen molar-refractivity contribution in [1.29, 1.82) is 0 Å². The smallest absolute Gasteiger partial charge is 0.143 e. The minimum absolute atomic E-state index is 0.129. The number of fused-ring (bicyclic) bond motifs is 1. The lowest BCUT2D eigenvalue weighted by atomic mass is 9.86. The van der Waals surface area contributed by atoms with Gasteiger partial charge >= 0.3 is 0 Å². The summed E-state index contributed by atoms with van der Waals surface area (Å²) in [6, 6.07) is 19.6. The molecule has 2 aromatic carbocycles. The Labute approximate surface area is 179 Å². The van der Waals surface area contributed by atoms with Gasteiger partial charge in [0, 0.05) is 16.9 Å². The third-order valence-electron chi connectivity index (χ3n) is 5.80. The molecule has 0 aliphatic carbocycles. The number of aromatic nitrogens is 2. The van der Waals surface area contributed by atoms with Gasteiger partial charge in [-0.05, 0) is 67.5 Å². The van der Waals surface area contributed by atoms with Gasteiger partial charge in [-0.1, -0.05) is 63.2 Å². The van der Waals surface area contributed by atoms with E-state index in [1.807, 2.05) is 0 Å². The highest BCUT2D eigenvalue weighted by atomic mass is 15.1. The Hall–Kier alpha value is -3.07. The Balaban J connectivity index is 1.93. The average molecular weight is 398 g/mol. The van der Waals surface area contributed by atoms with Gasteiger partial charge in [-0.2, -0.15) is 0 Å². The summed E-state index contributed by atoms with van der Waals surface area (Å²) in [5.41, 5.74) is 10.5. The van der Waals surface area contributed by atoms with Gasteiger partial charge in [0.15, 0.2) is 0 Å². The molecule has 0 aliphatic rings. The molecule has 0 saturated carbocycles. The molecule has 0 aliphatic heterocycles. The largest absolute Gasteiger partial charge is 0.339 e. The van der Waals surface area contributed by atoms with Crippen molar-refractivity contribution < 1.29 is 0 Å². The quantitative estimate of drug-likeness (QED) is 0.394. The maximum absolute atomic E-state index is 5.05. The van der Waals surface area contributed by atoms with Gasteiger partial charge in [0.05, 0.1) is 0 Å². The summed E-state index contributed by atoms with van der Waals surface area (Å²) < 4.78 is 2.23. The molecule has 3 nitrogen and oxygen atoms in total. The van der Waals surface area contributed by atoms with E-state index < -0.39 is 0 Å². The number of rotatable bonds is 3. The molecular formula is C27H31N3. The molecule has 3 heteroatoms. The van der Waals surface area contributed by atoms with Crippen molar-refractivity contribution in [3.63, 3.8) is 0 Å². The molecule has 0 atom stereocenters. The number of nitrogens with zero attached hydrogens (tertiary/aromatic N) is 2. The van der Waals surface area contributed by atoms with Gasteiger partial charge in [0.25, 0.3) is 0 Å². The molecule has 0 spiro atoms. The fraction of sp³-hybridized carbons (Fsp3) is 0.296. The van der Waals surface area contributed by atoms with E-state index in [2.05, 4.69) is 113 Å². The standard InChI is InChI=1S/C27H31N3/c1-17-15-20(4)30-23(16-17)28-25(21-11-13-22(14-12-21)27(5,6)7)26(30)29-24-18(2)9-8-10-19(24)3/h8-16,29H,1-7H3. The first-order chi connectivity index (χ1) is 14.1. The molecule has 0 saturated heterocycles. The predicted octanol–water partition coefficient (Wildman–Crippen LogP) is 7.28. The van der Waals surface area contributed by atoms with Crippen LogP contribution in [0, 0.1) is 27.7 Å². The zero-order valence-corrected chi connectivity index (χ0v) is 19.1. The first-order valence-corrected chi connectivity index (χ1v) is 10.6. The third kappa shape index (κ3) is 3.60. The number of aryl methyl sites for hydroxylation is 4. The molecule has 4 aromatic rings. The first kappa shape index (κ1) is 20.2. The van der Waals surface area contributed by atoms with Gasteiger partial charge in [-0.25, -0.2) is 4.98 Å². The summed E-state index contributed by atoms with van der Waals surface area (Å²) in [5.74, 6) is 1.02. The highest BCUT2D eigenvalue weighted by molar-refractivity contribution is 5.81. The van der Waals surface area contributed by atoms with Crippen molar-refractivity contribution in [1.82, 2.24) is 9.38 Å². The fourth-order valence-corrected chi connectivity index (χ4v) is 4.11. The van der Waals surface area contributed by atoms with Crippen molar-refractivity contribution in [2.45, 2.75) is 53.9 Å². The first-order valence-electron chi connectivity index (χ1n) is 10.6. The fourth-order valence-electron chi connectivity index (χ4n) is 4.11. The van der Waals surface area contributed by atoms with E-state index in [0.717, 1.165) is 28.4 Å². The van der Waals surface area contributed by atoms with Crippen molar-refractivity contribution in [2.24, 2.45) is 0 Å². The van der Waals surface area contributed by atoms with Gasteiger partial charge < -0.3 is 5.32 Å². The zero-order valence-electron chi connectivity index (χ0n) is 19.1. The molecular weight excluding hydrogens is 366 g/mol. The molecule has 0 bridgehead atoms. The summed E-state index contributed by atoms with van der Waals surface area (Å²) in [6.45, 7) is 15.3. The van der Waals surface area contributed by atoms with Gasteiger partial charge in [0.1, 0.15) is 17.2 Å². The molecule has 0 fully saturated rings. The lowest BCUT2D eigenvalue weighted by Gasteiger charge is -2.19. The van der Waals surface area contributed by atoms with E-state index in [0.29, 0.717) is 0 Å². The molecule has 2 heterocycles. The minimum Gasteiger partial charge on any atom is -0.339 e. The van der Waals surface area contributed by atoms with Crippen LogP contribution in [0.4, 0.5) is 11.5 Å². The van der Waals surface area contributed by atoms with Crippen LogP contribution >= 0.6 is 0 Å². The van der Waals surface area contributed by atoms with Crippen LogP contribution in [0.5, 0.6) is 0 Å². The van der Waals surface area contributed by atoms with Crippen LogP contribution in [0.2, 0.25) is 0 Å². The van der Waals surface area contributed by atoms with Crippen LogP contribution in [0.25, 0.3) is 16.9 Å². The van der Waals surface area contributed by atoms with Crippen LogP contribution in [0.1, 0.15) is 48.7 Å². The van der Waals surface area contributed by atoms with E-state index in [9.17, 15) is 0 Å². The summed E-state index contributed by atoms with van der Waals surface area (Å²) >= 11 is 0. The molecule has 0 radical (unpaired) electrons. The molecule has 30 heavy (non-hydrogen) atoms. The van der Waals surface area contributed by atoms with E-state index in [-0.39, 0.29) is 5.41 Å². The van der Waals surface area contributed by atoms with E-state index in [1.54, 1.807) is 0 Å². The number of hydrogen-bond acceptors (Lipinski definition) is 2. The maximum atomic E-state index is 5.05. The average Bonchev–Trinajstić information content (AvgIpc) is 3.02. The number of nitrogens with one attached hydrogen (secondary N) is 1. The number of imidazole rings is 1. The highest BCUT2D eigenvalue weighted by Gasteiger charge is 2.19. The van der Waals surface area contributed by atoms with Crippen LogP contribution in [0.3, 0.4) is 0 Å². The lowest BCUT2D eigenvalue weighted by Crippen LogP contribution is -2.10. The molecule has 0 amide bonds. The van der Waals surface area contributed by atoms with Crippen molar-refractivity contribution >= 4 is 17.2 Å². The summed E-state index contributed by atoms with van der Waals surface area (Å²) in [4.78, 5) is 5.05. The van der Waals surface area contributed by atoms with Gasteiger partial charge in [0.2, 0.25) is 0 Å². The van der Waals surface area contributed by atoms with Gasteiger partial charge in [-0.3, -0.25) is 4.40 Å². The topological polar surface area (TPSA) is 29.3 Å². The highest BCUT2D eigenvalue weighted by Crippen LogP contribution is 2.35. The summed E-state index contributed by atoms with van der Waals surface area (Å²) in [7, 11) is 0. The molecule has 0 unspecified atom stereocenters. The Morgan fingerprint density at radius 1 is 0.833 bits per heavy atom. The van der Waals surface area contributed by atoms with Crippen LogP contribution < -0.4 is 5.32 Å². The van der Waals surface area contributed by atoms with E-state index in [1.165, 1.54) is 27.9 Å². The van der Waals surface area contributed by atoms with E-state index >= 15 is 0 Å². The number of pyridine rings is 1. The summed E-state index contributed by atoms with van der Waals surface area (Å²) in [6.07, 6.45) is 0. The van der Waals surface area contributed by atoms with Crippen LogP contribution in [-0.4, -0.2) is 9.38 Å². The number of anilines is 2. The van der Waals surface area contributed by atoms with Crippen molar-refractivity contribution in [3.05, 3.63) is 82.5 Å². The normalized spacial score (nSPS) is 11.8. The van der Waals surface area contributed by atoms with Gasteiger partial charge in [-0.15, -0.1) is 0 Å². The number of hydrogen-bond donors (Lipinski definition) is 1. The van der Waals surface area contributed by atoms with Crippen LogP contribution in [-0.2, 0) is 5.41 Å².